The van der Waals surface area contributed by atoms with Crippen LogP contribution in [0.4, 0.5) is 16.2 Å². The summed E-state index contributed by atoms with van der Waals surface area (Å²) in [6.07, 6.45) is 4.75. The number of hydrogen-bond acceptors (Lipinski definition) is 4. The van der Waals surface area contributed by atoms with Crippen LogP contribution in [0.5, 0.6) is 0 Å². The Morgan fingerprint density at radius 1 is 1.30 bits per heavy atom. The molecular weight excluding hydrogens is 344 g/mol. The molecule has 2 heterocycles. The first kappa shape index (κ1) is 17.8. The van der Waals surface area contributed by atoms with E-state index in [1.54, 1.807) is 4.90 Å². The van der Waals surface area contributed by atoms with Crippen molar-refractivity contribution in [1.29, 1.82) is 0 Å². The van der Waals surface area contributed by atoms with Crippen LogP contribution in [-0.2, 0) is 16.0 Å². The third-order valence-electron chi connectivity index (χ3n) is 6.25. The van der Waals surface area contributed by atoms with E-state index in [0.29, 0.717) is 31.0 Å². The summed E-state index contributed by atoms with van der Waals surface area (Å²) in [5.41, 5.74) is 7.67. The molecule has 0 aromatic heterocycles. The molecule has 0 radical (unpaired) electrons. The minimum absolute atomic E-state index is 0.226. The topological polar surface area (TPSA) is 95.7 Å². The Labute approximate surface area is 158 Å². The van der Waals surface area contributed by atoms with Crippen molar-refractivity contribution in [2.75, 3.05) is 23.7 Å². The number of imide groups is 1. The van der Waals surface area contributed by atoms with Gasteiger partial charge in [0.2, 0.25) is 5.91 Å². The first-order valence-corrected chi connectivity index (χ1v) is 9.73. The van der Waals surface area contributed by atoms with Crippen LogP contribution in [0, 0.1) is 5.92 Å². The van der Waals surface area contributed by atoms with Gasteiger partial charge in [-0.25, -0.2) is 4.79 Å². The molecule has 0 unspecified atom stereocenters. The first-order valence-electron chi connectivity index (χ1n) is 9.73. The third-order valence-corrected chi connectivity index (χ3v) is 6.25. The zero-order valence-electron chi connectivity index (χ0n) is 15.7. The van der Waals surface area contributed by atoms with Crippen LogP contribution < -0.4 is 16.0 Å². The highest BCUT2D eigenvalue weighted by molar-refractivity contribution is 6.10. The molecule has 3 N–H and O–H groups in total. The van der Waals surface area contributed by atoms with Crippen molar-refractivity contribution in [2.24, 2.45) is 5.92 Å². The Hall–Kier alpha value is -2.57. The molecule has 144 valence electrons. The third kappa shape index (κ3) is 2.95. The minimum Gasteiger partial charge on any atom is -0.398 e. The van der Waals surface area contributed by atoms with Crippen LogP contribution in [0.3, 0.4) is 0 Å². The molecule has 1 spiro atoms. The molecule has 1 saturated heterocycles. The number of carbonyl (C=O) groups is 3. The molecule has 7 heteroatoms. The lowest BCUT2D eigenvalue weighted by molar-refractivity contribution is -0.135. The van der Waals surface area contributed by atoms with Gasteiger partial charge in [0, 0.05) is 17.9 Å². The number of amides is 4. The second kappa shape index (κ2) is 6.55. The van der Waals surface area contributed by atoms with Gasteiger partial charge in [0.1, 0.15) is 12.1 Å². The molecule has 2 aliphatic heterocycles. The predicted molar refractivity (Wildman–Crippen MR) is 102 cm³/mol. The number of nitrogens with two attached hydrogens (primary N) is 1. The van der Waals surface area contributed by atoms with Gasteiger partial charge in [-0.3, -0.25) is 14.5 Å². The molecule has 1 aromatic carbocycles. The summed E-state index contributed by atoms with van der Waals surface area (Å²) in [6.45, 7) is 2.51. The molecule has 3 aliphatic rings. The number of urea groups is 1. The quantitative estimate of drug-likeness (QED) is 0.615. The lowest BCUT2D eigenvalue weighted by Crippen LogP contribution is -2.50. The number of fused-ring (bicyclic) bond motifs is 1. The number of nitrogen functional groups attached to an aromatic ring is 1. The van der Waals surface area contributed by atoms with Crippen LogP contribution in [0.1, 0.15) is 44.6 Å². The van der Waals surface area contributed by atoms with Crippen LogP contribution >= 0.6 is 0 Å². The number of benzene rings is 1. The molecule has 2 fully saturated rings. The van der Waals surface area contributed by atoms with E-state index >= 15 is 0 Å². The zero-order valence-corrected chi connectivity index (χ0v) is 15.7. The van der Waals surface area contributed by atoms with Crippen molar-refractivity contribution >= 4 is 29.2 Å². The van der Waals surface area contributed by atoms with Crippen LogP contribution in [-0.4, -0.2) is 41.4 Å². The summed E-state index contributed by atoms with van der Waals surface area (Å²) in [4.78, 5) is 41.1. The number of anilines is 2. The fourth-order valence-corrected chi connectivity index (χ4v) is 4.54. The second-order valence-corrected chi connectivity index (χ2v) is 8.08. The van der Waals surface area contributed by atoms with Crippen molar-refractivity contribution in [3.05, 3.63) is 23.8 Å². The average Bonchev–Trinajstić information content (AvgIpc) is 2.88. The summed E-state index contributed by atoms with van der Waals surface area (Å²) in [7, 11) is 0. The van der Waals surface area contributed by atoms with Crippen molar-refractivity contribution in [2.45, 2.75) is 51.0 Å². The van der Waals surface area contributed by atoms with E-state index in [1.165, 1.54) is 0 Å². The van der Waals surface area contributed by atoms with E-state index in [1.807, 2.05) is 18.2 Å². The van der Waals surface area contributed by atoms with Gasteiger partial charge in [0.25, 0.3) is 5.91 Å². The number of carbonyl (C=O) groups excluding carboxylic acids is 3. The van der Waals surface area contributed by atoms with Gasteiger partial charge >= 0.3 is 6.03 Å². The summed E-state index contributed by atoms with van der Waals surface area (Å²) in [5.74, 6) is 0.0650. The summed E-state index contributed by atoms with van der Waals surface area (Å²) in [5, 5.41) is 2.87. The van der Waals surface area contributed by atoms with E-state index in [-0.39, 0.29) is 18.4 Å². The predicted octanol–water partition coefficient (Wildman–Crippen LogP) is 2.05. The fourth-order valence-electron chi connectivity index (χ4n) is 4.54. The van der Waals surface area contributed by atoms with Crippen LogP contribution in [0.15, 0.2) is 18.2 Å². The van der Waals surface area contributed by atoms with Gasteiger partial charge in [-0.2, -0.15) is 0 Å². The van der Waals surface area contributed by atoms with Crippen molar-refractivity contribution in [1.82, 2.24) is 10.2 Å². The molecule has 7 nitrogen and oxygen atoms in total. The van der Waals surface area contributed by atoms with E-state index in [9.17, 15) is 14.4 Å². The number of rotatable bonds is 2. The molecule has 4 amide bonds. The normalized spacial score (nSPS) is 27.7. The smallest absolute Gasteiger partial charge is 0.325 e. The van der Waals surface area contributed by atoms with Gasteiger partial charge in [0.15, 0.2) is 0 Å². The molecule has 27 heavy (non-hydrogen) atoms. The maximum atomic E-state index is 13.0. The minimum atomic E-state index is -0.811. The number of nitrogens with one attached hydrogen (secondary N) is 1. The van der Waals surface area contributed by atoms with E-state index in [2.05, 4.69) is 12.2 Å². The Balaban J connectivity index is 1.52. The van der Waals surface area contributed by atoms with Crippen molar-refractivity contribution in [3.63, 3.8) is 0 Å². The van der Waals surface area contributed by atoms with Gasteiger partial charge in [-0.15, -0.1) is 0 Å². The maximum absolute atomic E-state index is 13.0. The number of hydrogen-bond donors (Lipinski definition) is 2. The van der Waals surface area contributed by atoms with Gasteiger partial charge in [0.05, 0.1) is 0 Å². The van der Waals surface area contributed by atoms with Crippen LogP contribution in [0.25, 0.3) is 0 Å². The maximum Gasteiger partial charge on any atom is 0.325 e. The highest BCUT2D eigenvalue weighted by atomic mass is 16.2. The fraction of sp³-hybridized carbons (Fsp3) is 0.550. The molecule has 1 aliphatic carbocycles. The summed E-state index contributed by atoms with van der Waals surface area (Å²) in [6, 6.07) is 5.08. The molecule has 0 atom stereocenters. The van der Waals surface area contributed by atoms with E-state index in [4.69, 9.17) is 5.73 Å². The standard InChI is InChI=1S/C20H26N4O3/c1-13-7-9-20(10-8-13)18(26)24(19(27)22-20)12-17(25)23-11-3-4-14-15(21)5-2-6-16(14)23/h2,5-6,13H,3-4,7-12,21H2,1H3,(H,22,27). The number of nitrogens with zero attached hydrogens (tertiary/aromatic N) is 2. The molecule has 4 rings (SSSR count). The van der Waals surface area contributed by atoms with E-state index < -0.39 is 11.6 Å². The lowest BCUT2D eigenvalue weighted by atomic mass is 9.77. The molecule has 1 aromatic rings. The summed E-state index contributed by atoms with van der Waals surface area (Å²) < 4.78 is 0. The van der Waals surface area contributed by atoms with Gasteiger partial charge in [-0.05, 0) is 62.1 Å². The van der Waals surface area contributed by atoms with E-state index in [0.717, 1.165) is 41.8 Å². The van der Waals surface area contributed by atoms with Crippen molar-refractivity contribution in [3.8, 4) is 0 Å². The highest BCUT2D eigenvalue weighted by Crippen LogP contribution is 2.37. The molecule has 1 saturated carbocycles. The Kier molecular flexibility index (Phi) is 4.32. The SMILES string of the molecule is CC1CCC2(CC1)NC(=O)N(CC(=O)N1CCCc3c(N)cccc31)C2=O. The highest BCUT2D eigenvalue weighted by Gasteiger charge is 2.52. The largest absolute Gasteiger partial charge is 0.398 e. The molecular formula is C20H26N4O3. The van der Waals surface area contributed by atoms with Gasteiger partial charge < -0.3 is 16.0 Å². The Morgan fingerprint density at radius 3 is 2.78 bits per heavy atom. The Bertz CT molecular complexity index is 798. The zero-order chi connectivity index (χ0) is 19.2. The monoisotopic (exact) mass is 370 g/mol. The van der Waals surface area contributed by atoms with Gasteiger partial charge in [-0.1, -0.05) is 13.0 Å². The van der Waals surface area contributed by atoms with Crippen molar-refractivity contribution < 1.29 is 14.4 Å². The first-order chi connectivity index (χ1) is 12.9. The Morgan fingerprint density at radius 2 is 2.04 bits per heavy atom. The van der Waals surface area contributed by atoms with Crippen LogP contribution in [0.2, 0.25) is 0 Å². The molecule has 0 bridgehead atoms. The average molecular weight is 370 g/mol. The summed E-state index contributed by atoms with van der Waals surface area (Å²) >= 11 is 0. The lowest BCUT2D eigenvalue weighted by Gasteiger charge is -2.34. The second-order valence-electron chi connectivity index (χ2n) is 8.08.